The molecule has 0 aromatic carbocycles. The van der Waals surface area contributed by atoms with E-state index in [0.29, 0.717) is 0 Å². The van der Waals surface area contributed by atoms with E-state index in [4.69, 9.17) is 10.8 Å². The first-order valence-corrected chi connectivity index (χ1v) is 3.16. The minimum atomic E-state index is -1.00. The van der Waals surface area contributed by atoms with Crippen molar-refractivity contribution in [1.82, 2.24) is 9.97 Å². The number of carboxylic acid groups (broad SMARTS) is 1. The lowest BCUT2D eigenvalue weighted by molar-refractivity contribution is -0.138. The Hall–Kier alpha value is 0.0800. The maximum atomic E-state index is 10.3. The van der Waals surface area contributed by atoms with Crippen molar-refractivity contribution < 1.29 is 9.90 Å². The summed E-state index contributed by atoms with van der Waals surface area (Å²) < 4.78 is 0. The molecule has 14 heavy (non-hydrogen) atoms. The molecule has 0 saturated carbocycles. The van der Waals surface area contributed by atoms with Gasteiger partial charge in [-0.25, -0.2) is 4.98 Å². The fourth-order valence-electron chi connectivity index (χ4n) is 0.721. The van der Waals surface area contributed by atoms with Crippen molar-refractivity contribution in [2.45, 2.75) is 12.5 Å². The summed E-state index contributed by atoms with van der Waals surface area (Å²) in [6, 6.07) is -0.851. The number of aliphatic carboxylic acids is 1. The number of carbonyl (C=O) groups is 1. The van der Waals surface area contributed by atoms with Gasteiger partial charge in [0.05, 0.1) is 6.33 Å². The van der Waals surface area contributed by atoms with E-state index >= 15 is 0 Å². The van der Waals surface area contributed by atoms with Crippen LogP contribution in [-0.2, 0) is 11.2 Å². The Kier molecular flexibility index (Phi) is 13.5. The Bertz CT molecular complexity index is 242. The van der Waals surface area contributed by atoms with Crippen LogP contribution in [0.3, 0.4) is 0 Å². The average molecular weight is 398 g/mol. The van der Waals surface area contributed by atoms with Gasteiger partial charge in [-0.3, -0.25) is 4.79 Å². The standard InChI is InChI=1S/C6H9N3O2.3BrH/c7-5(6(10)11)1-4-2-8-3-9-4;;;/h2-3,5H,1,7H2,(H,8,9)(H,10,11);3*1H/t5-;;;/m1.../s1. The van der Waals surface area contributed by atoms with Crippen LogP contribution in [0.5, 0.6) is 0 Å². The van der Waals surface area contributed by atoms with Crippen LogP contribution in [0.1, 0.15) is 5.69 Å². The summed E-state index contributed by atoms with van der Waals surface area (Å²) >= 11 is 0. The maximum Gasteiger partial charge on any atom is 0.320 e. The quantitative estimate of drug-likeness (QED) is 0.712. The zero-order valence-corrected chi connectivity index (χ0v) is 12.2. The number of carboxylic acids is 1. The highest BCUT2D eigenvalue weighted by Crippen LogP contribution is 1.95. The predicted molar refractivity (Wildman–Crippen MR) is 68.9 cm³/mol. The SMILES string of the molecule is Br.Br.Br.N[C@H](Cc1cnc[nH]1)C(=O)O. The molecule has 1 heterocycles. The van der Waals surface area contributed by atoms with Gasteiger partial charge in [-0.1, -0.05) is 0 Å². The second kappa shape index (κ2) is 9.63. The number of nitrogens with two attached hydrogens (primary N) is 1. The van der Waals surface area contributed by atoms with E-state index in [1.807, 2.05) is 0 Å². The fourth-order valence-corrected chi connectivity index (χ4v) is 0.721. The lowest BCUT2D eigenvalue weighted by Gasteiger charge is -2.02. The molecule has 1 aromatic rings. The number of nitrogens with zero attached hydrogens (tertiary/aromatic N) is 1. The molecule has 0 aliphatic rings. The summed E-state index contributed by atoms with van der Waals surface area (Å²) in [5.41, 5.74) is 6.00. The van der Waals surface area contributed by atoms with Crippen LogP contribution in [0.2, 0.25) is 0 Å². The Labute approximate surface area is 113 Å². The smallest absolute Gasteiger partial charge is 0.320 e. The summed E-state index contributed by atoms with van der Waals surface area (Å²) in [6.45, 7) is 0. The van der Waals surface area contributed by atoms with Crippen LogP contribution in [0.25, 0.3) is 0 Å². The molecule has 1 rings (SSSR count). The molecule has 0 spiro atoms. The van der Waals surface area contributed by atoms with Crippen LogP contribution in [0.4, 0.5) is 0 Å². The van der Waals surface area contributed by atoms with E-state index in [1.54, 1.807) is 6.20 Å². The highest BCUT2D eigenvalue weighted by Gasteiger charge is 2.11. The minimum absolute atomic E-state index is 0. The zero-order chi connectivity index (χ0) is 8.27. The highest BCUT2D eigenvalue weighted by molar-refractivity contribution is 8.93. The molecular formula is C6H12Br3N3O2. The van der Waals surface area contributed by atoms with E-state index in [9.17, 15) is 4.79 Å². The largest absolute Gasteiger partial charge is 0.480 e. The minimum Gasteiger partial charge on any atom is -0.480 e. The van der Waals surface area contributed by atoms with Gasteiger partial charge < -0.3 is 15.8 Å². The van der Waals surface area contributed by atoms with Gasteiger partial charge in [0.15, 0.2) is 0 Å². The third kappa shape index (κ3) is 6.52. The van der Waals surface area contributed by atoms with E-state index in [2.05, 4.69) is 9.97 Å². The van der Waals surface area contributed by atoms with Crippen molar-refractivity contribution >= 4 is 56.9 Å². The topological polar surface area (TPSA) is 92.0 Å². The normalized spacial score (nSPS) is 10.1. The van der Waals surface area contributed by atoms with Crippen molar-refractivity contribution in [3.8, 4) is 0 Å². The molecule has 84 valence electrons. The number of hydrogen-bond donors (Lipinski definition) is 3. The first kappa shape index (κ1) is 19.6. The second-order valence-corrected chi connectivity index (χ2v) is 2.23. The van der Waals surface area contributed by atoms with E-state index < -0.39 is 12.0 Å². The second-order valence-electron chi connectivity index (χ2n) is 2.23. The number of imidazole rings is 1. The van der Waals surface area contributed by atoms with E-state index in [1.165, 1.54) is 6.33 Å². The van der Waals surface area contributed by atoms with Gasteiger partial charge in [0.2, 0.25) is 0 Å². The Balaban J connectivity index is -0.000000403. The Morgan fingerprint density at radius 3 is 2.50 bits per heavy atom. The van der Waals surface area contributed by atoms with Gasteiger partial charge in [0.1, 0.15) is 6.04 Å². The van der Waals surface area contributed by atoms with Gasteiger partial charge >= 0.3 is 5.97 Å². The molecule has 1 atom stereocenters. The summed E-state index contributed by atoms with van der Waals surface area (Å²) in [5, 5.41) is 8.42. The van der Waals surface area contributed by atoms with Crippen LogP contribution < -0.4 is 5.73 Å². The van der Waals surface area contributed by atoms with Gasteiger partial charge in [-0.15, -0.1) is 50.9 Å². The third-order valence-corrected chi connectivity index (χ3v) is 1.31. The number of halogens is 3. The Morgan fingerprint density at radius 1 is 1.57 bits per heavy atom. The van der Waals surface area contributed by atoms with Crippen molar-refractivity contribution in [3.05, 3.63) is 18.2 Å². The molecule has 0 bridgehead atoms. The van der Waals surface area contributed by atoms with Crippen LogP contribution >= 0.6 is 50.9 Å². The molecule has 0 fully saturated rings. The summed E-state index contributed by atoms with van der Waals surface area (Å²) in [4.78, 5) is 16.8. The van der Waals surface area contributed by atoms with Crippen molar-refractivity contribution in [1.29, 1.82) is 0 Å². The number of hydrogen-bond acceptors (Lipinski definition) is 3. The fraction of sp³-hybridized carbons (Fsp3) is 0.333. The van der Waals surface area contributed by atoms with Crippen LogP contribution in [0.15, 0.2) is 12.5 Å². The maximum absolute atomic E-state index is 10.3. The first-order chi connectivity index (χ1) is 5.20. The van der Waals surface area contributed by atoms with Gasteiger partial charge in [-0.2, -0.15) is 0 Å². The molecule has 0 aliphatic carbocycles. The Morgan fingerprint density at radius 2 is 2.14 bits per heavy atom. The summed E-state index contributed by atoms with van der Waals surface area (Å²) in [6.07, 6.45) is 3.34. The van der Waals surface area contributed by atoms with E-state index in [-0.39, 0.29) is 57.4 Å². The molecular weight excluding hydrogens is 386 g/mol. The molecule has 0 radical (unpaired) electrons. The predicted octanol–water partition coefficient (Wildman–Crippen LogP) is 1.10. The van der Waals surface area contributed by atoms with E-state index in [0.717, 1.165) is 5.69 Å². The lowest BCUT2D eigenvalue weighted by Crippen LogP contribution is -2.32. The number of nitrogens with one attached hydrogen (secondary N) is 1. The molecule has 8 heteroatoms. The van der Waals surface area contributed by atoms with Crippen molar-refractivity contribution in [2.24, 2.45) is 5.73 Å². The van der Waals surface area contributed by atoms with Gasteiger partial charge in [-0.05, 0) is 0 Å². The lowest BCUT2D eigenvalue weighted by atomic mass is 10.2. The number of rotatable bonds is 3. The molecule has 1 aromatic heterocycles. The molecule has 0 saturated heterocycles. The molecule has 0 amide bonds. The zero-order valence-electron chi connectivity index (χ0n) is 7.04. The molecule has 5 nitrogen and oxygen atoms in total. The van der Waals surface area contributed by atoms with Gasteiger partial charge in [0.25, 0.3) is 0 Å². The number of aromatic amines is 1. The van der Waals surface area contributed by atoms with Gasteiger partial charge in [0, 0.05) is 18.3 Å². The van der Waals surface area contributed by atoms with Crippen molar-refractivity contribution in [3.63, 3.8) is 0 Å². The van der Waals surface area contributed by atoms with Crippen LogP contribution in [0, 0.1) is 0 Å². The number of aromatic nitrogens is 2. The first-order valence-electron chi connectivity index (χ1n) is 3.16. The summed E-state index contributed by atoms with van der Waals surface area (Å²) in [7, 11) is 0. The third-order valence-electron chi connectivity index (χ3n) is 1.31. The summed E-state index contributed by atoms with van der Waals surface area (Å²) in [5.74, 6) is -1.00. The average Bonchev–Trinajstić information content (AvgIpc) is 2.39. The molecule has 0 unspecified atom stereocenters. The molecule has 0 aliphatic heterocycles. The molecule has 4 N–H and O–H groups in total. The van der Waals surface area contributed by atoms with Crippen LogP contribution in [-0.4, -0.2) is 27.1 Å². The number of H-pyrrole nitrogens is 1. The van der Waals surface area contributed by atoms with Crippen molar-refractivity contribution in [2.75, 3.05) is 0 Å². The monoisotopic (exact) mass is 395 g/mol. The highest BCUT2D eigenvalue weighted by atomic mass is 79.9.